The van der Waals surface area contributed by atoms with Crippen molar-refractivity contribution in [3.05, 3.63) is 59.2 Å². The van der Waals surface area contributed by atoms with Gasteiger partial charge in [0.2, 0.25) is 0 Å². The maximum absolute atomic E-state index is 12.8. The lowest BCUT2D eigenvalue weighted by molar-refractivity contribution is 0.0532. The van der Waals surface area contributed by atoms with Crippen molar-refractivity contribution in [1.29, 1.82) is 0 Å². The Morgan fingerprint density at radius 3 is 2.18 bits per heavy atom. The van der Waals surface area contributed by atoms with Gasteiger partial charge in [0.15, 0.2) is 0 Å². The third kappa shape index (κ3) is 2.90. The van der Waals surface area contributed by atoms with Crippen molar-refractivity contribution in [2.45, 2.75) is 0 Å². The van der Waals surface area contributed by atoms with E-state index in [0.717, 1.165) is 4.90 Å². The van der Waals surface area contributed by atoms with Crippen LogP contribution in [0.4, 0.5) is 0 Å². The molecule has 0 spiro atoms. The summed E-state index contributed by atoms with van der Waals surface area (Å²) in [6.07, 6.45) is 4.38. The van der Waals surface area contributed by atoms with Gasteiger partial charge >= 0.3 is 0 Å². The maximum atomic E-state index is 12.8. The minimum Gasteiger partial charge on any atom is -0.335 e. The molecule has 0 saturated carbocycles. The number of nitrogens with zero attached hydrogens (tertiary/aromatic N) is 5. The lowest BCUT2D eigenvalue weighted by Crippen LogP contribution is -2.50. The van der Waals surface area contributed by atoms with Gasteiger partial charge in [0.25, 0.3) is 23.6 Å². The van der Waals surface area contributed by atoms with Crippen LogP contribution < -0.4 is 0 Å². The molecule has 0 atom stereocenters. The summed E-state index contributed by atoms with van der Waals surface area (Å²) in [5.41, 5.74) is 1.18. The zero-order valence-corrected chi connectivity index (χ0v) is 15.2. The molecule has 1 fully saturated rings. The van der Waals surface area contributed by atoms with Gasteiger partial charge in [0.05, 0.1) is 17.3 Å². The van der Waals surface area contributed by atoms with Crippen LogP contribution in [0.15, 0.2) is 36.8 Å². The van der Waals surface area contributed by atoms with Crippen molar-refractivity contribution in [1.82, 2.24) is 24.7 Å². The van der Waals surface area contributed by atoms with E-state index in [1.807, 2.05) is 0 Å². The first-order valence-corrected chi connectivity index (χ1v) is 8.78. The van der Waals surface area contributed by atoms with Crippen molar-refractivity contribution in [2.75, 3.05) is 33.2 Å². The van der Waals surface area contributed by atoms with Crippen molar-refractivity contribution in [3.8, 4) is 0 Å². The summed E-state index contributed by atoms with van der Waals surface area (Å²) < 4.78 is 0. The topological polar surface area (TPSA) is 104 Å². The van der Waals surface area contributed by atoms with Crippen LogP contribution in [0.2, 0.25) is 0 Å². The summed E-state index contributed by atoms with van der Waals surface area (Å²) in [5.74, 6) is -1.22. The molecule has 0 radical (unpaired) electrons. The molecule has 2 aliphatic heterocycles. The molecule has 2 aliphatic rings. The van der Waals surface area contributed by atoms with Gasteiger partial charge in [-0.05, 0) is 18.2 Å². The Kier molecular flexibility index (Phi) is 4.34. The molecule has 0 aliphatic carbocycles. The third-order valence-corrected chi connectivity index (χ3v) is 4.97. The smallest absolute Gasteiger partial charge is 0.274 e. The monoisotopic (exact) mass is 379 g/mol. The van der Waals surface area contributed by atoms with Gasteiger partial charge in [-0.1, -0.05) is 0 Å². The molecule has 2 aromatic rings. The van der Waals surface area contributed by atoms with Gasteiger partial charge < -0.3 is 9.80 Å². The van der Waals surface area contributed by atoms with Crippen molar-refractivity contribution < 1.29 is 19.2 Å². The van der Waals surface area contributed by atoms with E-state index < -0.39 is 5.91 Å². The molecule has 3 heterocycles. The molecule has 28 heavy (non-hydrogen) atoms. The van der Waals surface area contributed by atoms with Crippen LogP contribution in [0.5, 0.6) is 0 Å². The van der Waals surface area contributed by atoms with E-state index in [1.54, 1.807) is 15.9 Å². The first-order chi connectivity index (χ1) is 13.5. The summed E-state index contributed by atoms with van der Waals surface area (Å²) in [5, 5.41) is 0. The van der Waals surface area contributed by atoms with Gasteiger partial charge in [0.1, 0.15) is 5.69 Å². The number of amides is 4. The highest BCUT2D eigenvalue weighted by Gasteiger charge is 2.34. The van der Waals surface area contributed by atoms with E-state index in [2.05, 4.69) is 9.97 Å². The normalized spacial score (nSPS) is 16.4. The third-order valence-electron chi connectivity index (χ3n) is 4.97. The Labute approximate surface area is 160 Å². The number of rotatable bonds is 2. The Balaban J connectivity index is 1.45. The van der Waals surface area contributed by atoms with Gasteiger partial charge in [-0.2, -0.15) is 0 Å². The molecular weight excluding hydrogens is 362 g/mol. The molecule has 0 N–H and O–H groups in total. The molecule has 0 bridgehead atoms. The number of benzene rings is 1. The van der Waals surface area contributed by atoms with Crippen LogP contribution in [0.3, 0.4) is 0 Å². The second kappa shape index (κ2) is 6.84. The standard InChI is InChI=1S/C19H17N5O4/c1-22-17(26)13-3-2-12(10-14(13)18(22)27)16(25)23-6-8-24(9-7-23)19(28)15-11-20-4-5-21-15/h2-5,10-11H,6-9H2,1H3. The van der Waals surface area contributed by atoms with E-state index in [-0.39, 0.29) is 29.0 Å². The highest BCUT2D eigenvalue weighted by molar-refractivity contribution is 6.21. The molecule has 1 aromatic carbocycles. The second-order valence-corrected chi connectivity index (χ2v) is 6.60. The largest absolute Gasteiger partial charge is 0.335 e. The predicted molar refractivity (Wildman–Crippen MR) is 96.7 cm³/mol. The minimum atomic E-state index is -0.408. The van der Waals surface area contributed by atoms with Crippen molar-refractivity contribution in [2.24, 2.45) is 0 Å². The van der Waals surface area contributed by atoms with Crippen molar-refractivity contribution in [3.63, 3.8) is 0 Å². The average molecular weight is 379 g/mol. The van der Waals surface area contributed by atoms with E-state index in [0.29, 0.717) is 37.3 Å². The van der Waals surface area contributed by atoms with Gasteiger partial charge in [-0.3, -0.25) is 29.1 Å². The number of imide groups is 1. The molecule has 9 nitrogen and oxygen atoms in total. The molecule has 4 amide bonds. The SMILES string of the molecule is CN1C(=O)c2ccc(C(=O)N3CCN(C(=O)c4cnccn4)CC3)cc2C1=O. The Hall–Kier alpha value is -3.62. The Morgan fingerprint density at radius 2 is 1.54 bits per heavy atom. The van der Waals surface area contributed by atoms with Gasteiger partial charge in [0, 0.05) is 51.2 Å². The van der Waals surface area contributed by atoms with Crippen LogP contribution >= 0.6 is 0 Å². The number of carbonyl (C=O) groups excluding carboxylic acids is 4. The van der Waals surface area contributed by atoms with Crippen LogP contribution in [0, 0.1) is 0 Å². The zero-order valence-electron chi connectivity index (χ0n) is 15.2. The molecule has 1 saturated heterocycles. The quantitative estimate of drug-likeness (QED) is 0.695. The van der Waals surface area contributed by atoms with Crippen LogP contribution in [0.1, 0.15) is 41.6 Å². The molecule has 0 unspecified atom stereocenters. The fourth-order valence-corrected chi connectivity index (χ4v) is 3.36. The fourth-order valence-electron chi connectivity index (χ4n) is 3.36. The highest BCUT2D eigenvalue weighted by atomic mass is 16.2. The molecule has 4 rings (SSSR count). The summed E-state index contributed by atoms with van der Waals surface area (Å²) in [7, 11) is 1.42. The number of carbonyl (C=O) groups is 4. The van der Waals surface area contributed by atoms with Crippen LogP contribution in [-0.2, 0) is 0 Å². The van der Waals surface area contributed by atoms with Gasteiger partial charge in [-0.15, -0.1) is 0 Å². The number of fused-ring (bicyclic) bond motifs is 1. The highest BCUT2D eigenvalue weighted by Crippen LogP contribution is 2.23. The average Bonchev–Trinajstić information content (AvgIpc) is 2.97. The summed E-state index contributed by atoms with van der Waals surface area (Å²) in [6, 6.07) is 4.54. The minimum absolute atomic E-state index is 0.218. The number of hydrogen-bond donors (Lipinski definition) is 0. The van der Waals surface area contributed by atoms with E-state index in [1.165, 1.54) is 37.8 Å². The summed E-state index contributed by atoms with van der Waals surface area (Å²) in [4.78, 5) is 61.5. The molecule has 9 heteroatoms. The fraction of sp³-hybridized carbons (Fsp3) is 0.263. The second-order valence-electron chi connectivity index (χ2n) is 6.60. The number of hydrogen-bond acceptors (Lipinski definition) is 6. The van der Waals surface area contributed by atoms with Crippen LogP contribution in [0.25, 0.3) is 0 Å². The summed E-state index contributed by atoms with van der Waals surface area (Å²) in [6.45, 7) is 1.50. The molecular formula is C19H17N5O4. The first kappa shape index (κ1) is 17.8. The Morgan fingerprint density at radius 1 is 0.893 bits per heavy atom. The summed E-state index contributed by atoms with van der Waals surface area (Å²) >= 11 is 0. The lowest BCUT2D eigenvalue weighted by Gasteiger charge is -2.34. The lowest BCUT2D eigenvalue weighted by atomic mass is 10.0. The molecule has 1 aromatic heterocycles. The Bertz CT molecular complexity index is 983. The van der Waals surface area contributed by atoms with E-state index >= 15 is 0 Å². The van der Waals surface area contributed by atoms with E-state index in [9.17, 15) is 19.2 Å². The van der Waals surface area contributed by atoms with Crippen molar-refractivity contribution >= 4 is 23.6 Å². The van der Waals surface area contributed by atoms with Crippen LogP contribution in [-0.4, -0.2) is 81.5 Å². The zero-order chi connectivity index (χ0) is 19.8. The van der Waals surface area contributed by atoms with E-state index in [4.69, 9.17) is 0 Å². The maximum Gasteiger partial charge on any atom is 0.274 e. The predicted octanol–water partition coefficient (Wildman–Crippen LogP) is 0.301. The number of piperazine rings is 1. The molecule has 142 valence electrons. The van der Waals surface area contributed by atoms with Gasteiger partial charge in [-0.25, -0.2) is 4.98 Å². The first-order valence-electron chi connectivity index (χ1n) is 8.78. The number of aromatic nitrogens is 2.